The predicted octanol–water partition coefficient (Wildman–Crippen LogP) is 2.63. The molecule has 1 aliphatic rings. The minimum Gasteiger partial charge on any atom is -0.493 e. The maximum Gasteiger partial charge on any atom is 0.191 e. The molecule has 0 aromatic heterocycles. The molecule has 0 atom stereocenters. The zero-order valence-electron chi connectivity index (χ0n) is 16.8. The number of methoxy groups -OCH3 is 2. The van der Waals surface area contributed by atoms with Crippen molar-refractivity contribution >= 4 is 5.96 Å². The molecular weight excluding hydrogens is 328 g/mol. The van der Waals surface area contributed by atoms with Crippen LogP contribution in [0.2, 0.25) is 0 Å². The van der Waals surface area contributed by atoms with Crippen LogP contribution in [0.3, 0.4) is 0 Å². The lowest BCUT2D eigenvalue weighted by molar-refractivity contribution is 0.167. The molecule has 2 rings (SSSR count). The van der Waals surface area contributed by atoms with Crippen LogP contribution in [-0.2, 0) is 6.54 Å². The van der Waals surface area contributed by atoms with Crippen LogP contribution in [0.15, 0.2) is 23.2 Å². The number of guanidine groups is 1. The summed E-state index contributed by atoms with van der Waals surface area (Å²) in [4.78, 5) is 7.28. The molecule has 0 saturated carbocycles. The SMILES string of the molecule is CCNC(=NCc1ccc(OC)c(OC)c1)NC1CCN(C(C)C)CC1. The molecule has 1 heterocycles. The largest absolute Gasteiger partial charge is 0.493 e. The van der Waals surface area contributed by atoms with Crippen molar-refractivity contribution in [1.82, 2.24) is 15.5 Å². The number of hydrogen-bond acceptors (Lipinski definition) is 4. The summed E-state index contributed by atoms with van der Waals surface area (Å²) >= 11 is 0. The first kappa shape index (κ1) is 20.4. The van der Waals surface area contributed by atoms with E-state index in [0.717, 1.165) is 55.5 Å². The molecule has 1 aromatic rings. The van der Waals surface area contributed by atoms with Gasteiger partial charge in [-0.1, -0.05) is 6.07 Å². The number of benzene rings is 1. The minimum atomic E-state index is 0.480. The van der Waals surface area contributed by atoms with Crippen LogP contribution in [-0.4, -0.2) is 56.8 Å². The third-order valence-electron chi connectivity index (χ3n) is 4.81. The van der Waals surface area contributed by atoms with Crippen molar-refractivity contribution in [2.24, 2.45) is 4.99 Å². The number of likely N-dealkylation sites (tertiary alicyclic amines) is 1. The molecule has 1 aliphatic heterocycles. The molecule has 0 spiro atoms. The van der Waals surface area contributed by atoms with Gasteiger partial charge in [0.25, 0.3) is 0 Å². The van der Waals surface area contributed by atoms with Gasteiger partial charge in [0, 0.05) is 31.7 Å². The Morgan fingerprint density at radius 2 is 1.88 bits per heavy atom. The van der Waals surface area contributed by atoms with Gasteiger partial charge in [0.05, 0.1) is 20.8 Å². The Morgan fingerprint density at radius 3 is 2.46 bits per heavy atom. The molecule has 146 valence electrons. The number of aliphatic imine (C=N–C) groups is 1. The fraction of sp³-hybridized carbons (Fsp3) is 0.650. The second-order valence-electron chi connectivity index (χ2n) is 6.93. The third kappa shape index (κ3) is 5.80. The molecule has 26 heavy (non-hydrogen) atoms. The standard InChI is InChI=1S/C20H34N4O2/c1-6-21-20(23-17-9-11-24(12-10-17)15(2)3)22-14-16-7-8-18(25-4)19(13-16)26-5/h7-8,13,15,17H,6,9-12,14H2,1-5H3,(H2,21,22,23). The number of ether oxygens (including phenoxy) is 2. The first-order chi connectivity index (χ1) is 12.6. The van der Waals surface area contributed by atoms with Gasteiger partial charge in [0.2, 0.25) is 0 Å². The van der Waals surface area contributed by atoms with Crippen LogP contribution in [0.4, 0.5) is 0 Å². The summed E-state index contributed by atoms with van der Waals surface area (Å²) in [5.74, 6) is 2.35. The van der Waals surface area contributed by atoms with Crippen LogP contribution in [0, 0.1) is 0 Å². The quantitative estimate of drug-likeness (QED) is 0.577. The lowest BCUT2D eigenvalue weighted by Crippen LogP contribution is -2.49. The molecule has 2 N–H and O–H groups in total. The molecule has 1 saturated heterocycles. The van der Waals surface area contributed by atoms with Crippen molar-refractivity contribution in [2.45, 2.75) is 52.2 Å². The molecule has 0 unspecified atom stereocenters. The summed E-state index contributed by atoms with van der Waals surface area (Å²) < 4.78 is 10.7. The molecule has 0 aliphatic carbocycles. The van der Waals surface area contributed by atoms with Gasteiger partial charge in [-0.05, 0) is 51.3 Å². The van der Waals surface area contributed by atoms with Crippen LogP contribution in [0.1, 0.15) is 39.2 Å². The second-order valence-corrected chi connectivity index (χ2v) is 6.93. The molecule has 6 heteroatoms. The van der Waals surface area contributed by atoms with E-state index in [1.165, 1.54) is 0 Å². The van der Waals surface area contributed by atoms with E-state index >= 15 is 0 Å². The zero-order valence-corrected chi connectivity index (χ0v) is 16.8. The lowest BCUT2D eigenvalue weighted by Gasteiger charge is -2.35. The summed E-state index contributed by atoms with van der Waals surface area (Å²) in [6.45, 7) is 10.4. The maximum absolute atomic E-state index is 5.37. The number of piperidine rings is 1. The van der Waals surface area contributed by atoms with Gasteiger partial charge in [-0.25, -0.2) is 4.99 Å². The van der Waals surface area contributed by atoms with Crippen LogP contribution < -0.4 is 20.1 Å². The first-order valence-electron chi connectivity index (χ1n) is 9.57. The molecule has 0 bridgehead atoms. The van der Waals surface area contributed by atoms with Crippen molar-refractivity contribution in [3.05, 3.63) is 23.8 Å². The summed E-state index contributed by atoms with van der Waals surface area (Å²) in [6.07, 6.45) is 2.30. The highest BCUT2D eigenvalue weighted by molar-refractivity contribution is 5.80. The van der Waals surface area contributed by atoms with Crippen molar-refractivity contribution in [2.75, 3.05) is 33.9 Å². The van der Waals surface area contributed by atoms with Gasteiger partial charge >= 0.3 is 0 Å². The van der Waals surface area contributed by atoms with Crippen LogP contribution in [0.5, 0.6) is 11.5 Å². The fourth-order valence-corrected chi connectivity index (χ4v) is 3.22. The molecule has 0 amide bonds. The number of hydrogen-bond donors (Lipinski definition) is 2. The maximum atomic E-state index is 5.37. The molecule has 0 radical (unpaired) electrons. The normalized spacial score (nSPS) is 16.6. The Kier molecular flexibility index (Phi) is 8.04. The molecule has 1 fully saturated rings. The summed E-state index contributed by atoms with van der Waals surface area (Å²) in [7, 11) is 3.30. The Labute approximate surface area is 158 Å². The van der Waals surface area contributed by atoms with Gasteiger partial charge in [0.15, 0.2) is 17.5 Å². The monoisotopic (exact) mass is 362 g/mol. The van der Waals surface area contributed by atoms with E-state index in [-0.39, 0.29) is 0 Å². The van der Waals surface area contributed by atoms with Gasteiger partial charge in [-0.2, -0.15) is 0 Å². The average Bonchev–Trinajstić information content (AvgIpc) is 2.66. The van der Waals surface area contributed by atoms with E-state index in [4.69, 9.17) is 14.5 Å². The van der Waals surface area contributed by atoms with E-state index in [0.29, 0.717) is 18.6 Å². The first-order valence-corrected chi connectivity index (χ1v) is 9.57. The summed E-state index contributed by atoms with van der Waals surface area (Å²) in [6, 6.07) is 7.03. The van der Waals surface area contributed by atoms with Crippen molar-refractivity contribution < 1.29 is 9.47 Å². The predicted molar refractivity (Wildman–Crippen MR) is 107 cm³/mol. The Balaban J connectivity index is 1.96. The molecule has 1 aromatic carbocycles. The van der Waals surface area contributed by atoms with Crippen LogP contribution in [0.25, 0.3) is 0 Å². The highest BCUT2D eigenvalue weighted by atomic mass is 16.5. The minimum absolute atomic E-state index is 0.480. The third-order valence-corrected chi connectivity index (χ3v) is 4.81. The van der Waals surface area contributed by atoms with E-state index < -0.39 is 0 Å². The summed E-state index contributed by atoms with van der Waals surface area (Å²) in [5, 5.41) is 6.95. The molecular formula is C20H34N4O2. The van der Waals surface area contributed by atoms with Crippen LogP contribution >= 0.6 is 0 Å². The Morgan fingerprint density at radius 1 is 1.19 bits per heavy atom. The van der Waals surface area contributed by atoms with Gasteiger partial charge in [0.1, 0.15) is 0 Å². The van der Waals surface area contributed by atoms with Crippen molar-refractivity contribution in [1.29, 1.82) is 0 Å². The number of rotatable bonds is 7. The van der Waals surface area contributed by atoms with Gasteiger partial charge < -0.3 is 25.0 Å². The average molecular weight is 363 g/mol. The van der Waals surface area contributed by atoms with E-state index in [9.17, 15) is 0 Å². The fourth-order valence-electron chi connectivity index (χ4n) is 3.22. The van der Waals surface area contributed by atoms with Crippen molar-refractivity contribution in [3.63, 3.8) is 0 Å². The number of nitrogens with zero attached hydrogens (tertiary/aromatic N) is 2. The second kappa shape index (κ2) is 10.3. The van der Waals surface area contributed by atoms with E-state index in [1.807, 2.05) is 18.2 Å². The van der Waals surface area contributed by atoms with Crippen molar-refractivity contribution in [3.8, 4) is 11.5 Å². The van der Waals surface area contributed by atoms with Gasteiger partial charge in [-0.15, -0.1) is 0 Å². The Bertz CT molecular complexity index is 581. The highest BCUT2D eigenvalue weighted by Gasteiger charge is 2.21. The zero-order chi connectivity index (χ0) is 18.9. The van der Waals surface area contributed by atoms with E-state index in [1.54, 1.807) is 14.2 Å². The van der Waals surface area contributed by atoms with Gasteiger partial charge in [-0.3, -0.25) is 0 Å². The number of nitrogens with one attached hydrogen (secondary N) is 2. The summed E-state index contributed by atoms with van der Waals surface area (Å²) in [5.41, 5.74) is 1.09. The van der Waals surface area contributed by atoms with E-state index in [2.05, 4.69) is 36.3 Å². The highest BCUT2D eigenvalue weighted by Crippen LogP contribution is 2.27. The molecule has 6 nitrogen and oxygen atoms in total. The topological polar surface area (TPSA) is 58.1 Å². The lowest BCUT2D eigenvalue weighted by atomic mass is 10.0. The Hall–Kier alpha value is -1.95. The smallest absolute Gasteiger partial charge is 0.191 e.